The van der Waals surface area contributed by atoms with E-state index in [1.54, 1.807) is 12.3 Å². The Hall–Kier alpha value is -0.610. The third-order valence-corrected chi connectivity index (χ3v) is 1.66. The van der Waals surface area contributed by atoms with Crippen LogP contribution in [-0.2, 0) is 0 Å². The molecule has 1 aromatic rings. The largest absolute Gasteiger partial charge is 0.387 e. The average molecular weight is 144 g/mol. The van der Waals surface area contributed by atoms with E-state index in [-0.39, 0.29) is 0 Å². The summed E-state index contributed by atoms with van der Waals surface area (Å²) in [5.74, 6) is 0. The van der Waals surface area contributed by atoms with Crippen molar-refractivity contribution in [3.05, 3.63) is 11.1 Å². The van der Waals surface area contributed by atoms with Gasteiger partial charge in [0.05, 0.1) is 11.8 Å². The number of aliphatic hydroxyl groups is 1. The second kappa shape index (κ2) is 2.33. The van der Waals surface area contributed by atoms with Crippen molar-refractivity contribution in [3.8, 4) is 0 Å². The Morgan fingerprint density at radius 2 is 2.56 bits per heavy atom. The van der Waals surface area contributed by atoms with Gasteiger partial charge in [0.15, 0.2) is 5.13 Å². The van der Waals surface area contributed by atoms with E-state index in [2.05, 4.69) is 4.98 Å². The van der Waals surface area contributed by atoms with Gasteiger partial charge in [-0.25, -0.2) is 4.98 Å². The van der Waals surface area contributed by atoms with Crippen LogP contribution in [0, 0.1) is 0 Å². The van der Waals surface area contributed by atoms with Crippen LogP contribution < -0.4 is 5.73 Å². The molecule has 0 saturated heterocycles. The molecule has 1 rings (SSSR count). The number of nitrogens with two attached hydrogens (primary N) is 1. The predicted molar refractivity (Wildman–Crippen MR) is 37.2 cm³/mol. The average Bonchev–Trinajstić information content (AvgIpc) is 2.14. The first kappa shape index (κ1) is 6.51. The number of rotatable bonds is 1. The molecule has 0 aliphatic carbocycles. The number of anilines is 1. The van der Waals surface area contributed by atoms with Crippen LogP contribution in [0.4, 0.5) is 5.13 Å². The van der Waals surface area contributed by atoms with E-state index in [0.717, 1.165) is 0 Å². The van der Waals surface area contributed by atoms with E-state index < -0.39 is 6.10 Å². The number of aliphatic hydroxyl groups excluding tert-OH is 1. The van der Waals surface area contributed by atoms with Crippen LogP contribution in [0.5, 0.6) is 0 Å². The first-order valence-corrected chi connectivity index (χ1v) is 3.47. The highest BCUT2D eigenvalue weighted by atomic mass is 32.1. The van der Waals surface area contributed by atoms with Crippen molar-refractivity contribution in [1.29, 1.82) is 0 Å². The van der Waals surface area contributed by atoms with E-state index in [1.165, 1.54) is 11.3 Å². The molecule has 0 aliphatic rings. The van der Waals surface area contributed by atoms with E-state index >= 15 is 0 Å². The number of aromatic nitrogens is 1. The SMILES string of the molecule is CC(O)c1csc(N)n1. The van der Waals surface area contributed by atoms with E-state index in [0.29, 0.717) is 10.8 Å². The molecule has 0 amide bonds. The minimum absolute atomic E-state index is 0.501. The lowest BCUT2D eigenvalue weighted by atomic mass is 10.3. The van der Waals surface area contributed by atoms with Crippen LogP contribution >= 0.6 is 11.3 Å². The minimum atomic E-state index is -0.501. The molecular weight excluding hydrogens is 136 g/mol. The van der Waals surface area contributed by atoms with Crippen LogP contribution in [0.25, 0.3) is 0 Å². The van der Waals surface area contributed by atoms with Crippen molar-refractivity contribution in [2.45, 2.75) is 13.0 Å². The normalized spacial score (nSPS) is 13.6. The summed E-state index contributed by atoms with van der Waals surface area (Å²) in [5, 5.41) is 11.2. The lowest BCUT2D eigenvalue weighted by Gasteiger charge is -1.94. The molecule has 0 bridgehead atoms. The second-order valence-electron chi connectivity index (χ2n) is 1.79. The zero-order valence-electron chi connectivity index (χ0n) is 5.03. The number of nitrogen functional groups attached to an aromatic ring is 1. The van der Waals surface area contributed by atoms with Gasteiger partial charge in [0.25, 0.3) is 0 Å². The Kier molecular flexibility index (Phi) is 1.68. The quantitative estimate of drug-likeness (QED) is 0.612. The zero-order chi connectivity index (χ0) is 6.85. The Morgan fingerprint density at radius 3 is 2.78 bits per heavy atom. The molecule has 0 spiro atoms. The molecule has 1 atom stereocenters. The van der Waals surface area contributed by atoms with E-state index in [9.17, 15) is 0 Å². The highest BCUT2D eigenvalue weighted by Crippen LogP contribution is 2.16. The summed E-state index contributed by atoms with van der Waals surface area (Å²) in [4.78, 5) is 3.86. The predicted octanol–water partition coefficient (Wildman–Crippen LogP) is 0.779. The number of thiazole rings is 1. The molecule has 9 heavy (non-hydrogen) atoms. The fourth-order valence-electron chi connectivity index (χ4n) is 0.493. The number of nitrogens with zero attached hydrogens (tertiary/aromatic N) is 1. The molecule has 0 aliphatic heterocycles. The fraction of sp³-hybridized carbons (Fsp3) is 0.400. The molecule has 0 fully saturated rings. The standard InChI is InChI=1S/C5H8N2OS/c1-3(8)4-2-9-5(6)7-4/h2-3,8H,1H3,(H2,6,7). The topological polar surface area (TPSA) is 59.1 Å². The van der Waals surface area contributed by atoms with Gasteiger partial charge >= 0.3 is 0 Å². The summed E-state index contributed by atoms with van der Waals surface area (Å²) in [7, 11) is 0. The van der Waals surface area contributed by atoms with Crippen molar-refractivity contribution in [2.75, 3.05) is 5.73 Å². The molecule has 0 aromatic carbocycles. The summed E-state index contributed by atoms with van der Waals surface area (Å²) >= 11 is 1.34. The van der Waals surface area contributed by atoms with E-state index in [4.69, 9.17) is 10.8 Å². The van der Waals surface area contributed by atoms with Gasteiger partial charge in [-0.1, -0.05) is 0 Å². The van der Waals surface area contributed by atoms with Gasteiger partial charge in [-0.15, -0.1) is 11.3 Å². The minimum Gasteiger partial charge on any atom is -0.387 e. The van der Waals surface area contributed by atoms with Gasteiger partial charge in [0.2, 0.25) is 0 Å². The van der Waals surface area contributed by atoms with E-state index in [1.807, 2.05) is 0 Å². The van der Waals surface area contributed by atoms with Gasteiger partial charge in [-0.05, 0) is 6.92 Å². The Balaban J connectivity index is 2.85. The molecule has 3 nitrogen and oxygen atoms in total. The van der Waals surface area contributed by atoms with Crippen molar-refractivity contribution in [2.24, 2.45) is 0 Å². The van der Waals surface area contributed by atoms with Crippen LogP contribution in [0.2, 0.25) is 0 Å². The maximum Gasteiger partial charge on any atom is 0.180 e. The molecule has 0 saturated carbocycles. The first-order chi connectivity index (χ1) is 4.20. The molecule has 1 heterocycles. The molecule has 4 heteroatoms. The zero-order valence-corrected chi connectivity index (χ0v) is 5.85. The monoisotopic (exact) mass is 144 g/mol. The second-order valence-corrected chi connectivity index (χ2v) is 2.68. The highest BCUT2D eigenvalue weighted by Gasteiger charge is 2.02. The Labute approximate surface area is 57.2 Å². The van der Waals surface area contributed by atoms with Crippen molar-refractivity contribution in [3.63, 3.8) is 0 Å². The molecule has 1 unspecified atom stereocenters. The summed E-state index contributed by atoms with van der Waals surface area (Å²) in [5.41, 5.74) is 5.96. The summed E-state index contributed by atoms with van der Waals surface area (Å²) in [6, 6.07) is 0. The maximum absolute atomic E-state index is 8.93. The van der Waals surface area contributed by atoms with Crippen LogP contribution in [0.1, 0.15) is 18.7 Å². The molecular formula is C5H8N2OS. The fourth-order valence-corrected chi connectivity index (χ4v) is 1.14. The Morgan fingerprint density at radius 1 is 1.89 bits per heavy atom. The summed E-state index contributed by atoms with van der Waals surface area (Å²) in [6.07, 6.45) is -0.501. The maximum atomic E-state index is 8.93. The molecule has 0 radical (unpaired) electrons. The van der Waals surface area contributed by atoms with Crippen molar-refractivity contribution >= 4 is 16.5 Å². The van der Waals surface area contributed by atoms with Crippen molar-refractivity contribution in [1.82, 2.24) is 4.98 Å². The van der Waals surface area contributed by atoms with Gasteiger partial charge in [-0.2, -0.15) is 0 Å². The number of hydrogen-bond acceptors (Lipinski definition) is 4. The van der Waals surface area contributed by atoms with Crippen LogP contribution in [0.15, 0.2) is 5.38 Å². The summed E-state index contributed by atoms with van der Waals surface area (Å²) in [6.45, 7) is 1.66. The van der Waals surface area contributed by atoms with Gasteiger partial charge in [0, 0.05) is 5.38 Å². The third-order valence-electron chi connectivity index (χ3n) is 0.968. The lowest BCUT2D eigenvalue weighted by molar-refractivity contribution is 0.195. The first-order valence-electron chi connectivity index (χ1n) is 2.59. The van der Waals surface area contributed by atoms with Gasteiger partial charge in [-0.3, -0.25) is 0 Å². The van der Waals surface area contributed by atoms with Crippen LogP contribution in [0.3, 0.4) is 0 Å². The van der Waals surface area contributed by atoms with Gasteiger partial charge in [0.1, 0.15) is 0 Å². The third kappa shape index (κ3) is 1.40. The highest BCUT2D eigenvalue weighted by molar-refractivity contribution is 7.13. The molecule has 50 valence electrons. The Bertz CT molecular complexity index is 197. The summed E-state index contributed by atoms with van der Waals surface area (Å²) < 4.78 is 0. The molecule has 3 N–H and O–H groups in total. The van der Waals surface area contributed by atoms with Crippen molar-refractivity contribution < 1.29 is 5.11 Å². The smallest absolute Gasteiger partial charge is 0.180 e. The van der Waals surface area contributed by atoms with Crippen LogP contribution in [-0.4, -0.2) is 10.1 Å². The van der Waals surface area contributed by atoms with Gasteiger partial charge < -0.3 is 10.8 Å². The lowest BCUT2D eigenvalue weighted by Crippen LogP contribution is -1.91. The molecule has 1 aromatic heterocycles. The number of hydrogen-bond donors (Lipinski definition) is 2.